The molecule has 0 aliphatic heterocycles. The summed E-state index contributed by atoms with van der Waals surface area (Å²) in [7, 11) is 0. The van der Waals surface area contributed by atoms with Crippen LogP contribution >= 0.6 is 0 Å². The summed E-state index contributed by atoms with van der Waals surface area (Å²) >= 11 is 0. The summed E-state index contributed by atoms with van der Waals surface area (Å²) < 4.78 is 0. The Balaban J connectivity index is 1.32. The summed E-state index contributed by atoms with van der Waals surface area (Å²) in [6.07, 6.45) is 17.5. The third kappa shape index (κ3) is 2.35. The number of hydrogen-bond acceptors (Lipinski definition) is 2. The minimum absolute atomic E-state index is 0.123. The second kappa shape index (κ2) is 4.96. The Labute approximate surface area is 127 Å². The van der Waals surface area contributed by atoms with Crippen molar-refractivity contribution in [1.29, 1.82) is 0 Å². The Morgan fingerprint density at radius 1 is 1.19 bits per heavy atom. The first-order valence-electron chi connectivity index (χ1n) is 8.33. The van der Waals surface area contributed by atoms with Gasteiger partial charge in [-0.1, -0.05) is 42.9 Å². The Kier molecular flexibility index (Phi) is 3.20. The molecule has 4 aliphatic carbocycles. The second-order valence-corrected chi connectivity index (χ2v) is 7.47. The minimum atomic E-state index is -0.123. The van der Waals surface area contributed by atoms with E-state index in [4.69, 9.17) is 4.84 Å². The fourth-order valence-electron chi connectivity index (χ4n) is 4.48. The molecule has 0 saturated heterocycles. The van der Waals surface area contributed by atoms with Crippen molar-refractivity contribution in [1.82, 2.24) is 5.48 Å². The summed E-state index contributed by atoms with van der Waals surface area (Å²) in [6.45, 7) is 5.32. The first-order chi connectivity index (χ1) is 10.2. The highest BCUT2D eigenvalue weighted by Gasteiger charge is 2.52. The topological polar surface area (TPSA) is 21.3 Å². The number of fused-ring (bicyclic) bond motifs is 2. The van der Waals surface area contributed by atoms with Crippen molar-refractivity contribution in [3.63, 3.8) is 0 Å². The summed E-state index contributed by atoms with van der Waals surface area (Å²) in [5.41, 5.74) is 6.00. The molecule has 0 aromatic rings. The smallest absolute Gasteiger partial charge is 0.0716 e. The quantitative estimate of drug-likeness (QED) is 0.772. The van der Waals surface area contributed by atoms with Gasteiger partial charge in [-0.25, -0.2) is 0 Å². The van der Waals surface area contributed by atoms with Crippen molar-refractivity contribution in [3.8, 4) is 0 Å². The van der Waals surface area contributed by atoms with Gasteiger partial charge in [0.25, 0.3) is 0 Å². The lowest BCUT2D eigenvalue weighted by Crippen LogP contribution is -2.43. The van der Waals surface area contributed by atoms with Crippen molar-refractivity contribution in [3.05, 3.63) is 47.6 Å². The van der Waals surface area contributed by atoms with Crippen LogP contribution in [0.3, 0.4) is 0 Å². The average Bonchev–Trinajstić information content (AvgIpc) is 2.89. The Bertz CT molecular complexity index is 542. The van der Waals surface area contributed by atoms with E-state index in [1.54, 1.807) is 0 Å². The maximum absolute atomic E-state index is 5.89. The van der Waals surface area contributed by atoms with E-state index in [-0.39, 0.29) is 5.54 Å². The highest BCUT2D eigenvalue weighted by Crippen LogP contribution is 2.57. The summed E-state index contributed by atoms with van der Waals surface area (Å²) in [5, 5.41) is 0. The van der Waals surface area contributed by atoms with Gasteiger partial charge >= 0.3 is 0 Å². The summed E-state index contributed by atoms with van der Waals surface area (Å²) in [6, 6.07) is 0. The van der Waals surface area contributed by atoms with Crippen LogP contribution in [0.1, 0.15) is 33.1 Å². The van der Waals surface area contributed by atoms with Gasteiger partial charge in [-0.3, -0.25) is 0 Å². The van der Waals surface area contributed by atoms with Gasteiger partial charge in [-0.2, -0.15) is 5.48 Å². The van der Waals surface area contributed by atoms with Crippen LogP contribution < -0.4 is 5.48 Å². The zero-order valence-electron chi connectivity index (χ0n) is 13.0. The number of allylic oxidation sites excluding steroid dienone is 7. The SMILES string of the molecule is CC(C)(NOCC1C2CCC[C@@H]21)C1=CC=C2C=CC=CC21. The molecule has 1 N–H and O–H groups in total. The minimum Gasteiger partial charge on any atom is -0.301 e. The van der Waals surface area contributed by atoms with Gasteiger partial charge < -0.3 is 4.84 Å². The molecular weight excluding hydrogens is 258 g/mol. The van der Waals surface area contributed by atoms with Crippen molar-refractivity contribution in [2.24, 2.45) is 23.7 Å². The van der Waals surface area contributed by atoms with Crippen LogP contribution in [-0.4, -0.2) is 12.1 Å². The van der Waals surface area contributed by atoms with Crippen LogP contribution in [0.25, 0.3) is 0 Å². The maximum atomic E-state index is 5.89. The fourth-order valence-corrected chi connectivity index (χ4v) is 4.48. The third-order valence-corrected chi connectivity index (χ3v) is 5.76. The van der Waals surface area contributed by atoms with E-state index in [9.17, 15) is 0 Å². The molecule has 2 saturated carbocycles. The lowest BCUT2D eigenvalue weighted by molar-refractivity contribution is -0.0117. The zero-order chi connectivity index (χ0) is 14.4. The van der Waals surface area contributed by atoms with Crippen LogP contribution in [0.2, 0.25) is 0 Å². The monoisotopic (exact) mass is 283 g/mol. The molecule has 0 spiro atoms. The number of rotatable bonds is 5. The normalized spacial score (nSPS) is 36.3. The lowest BCUT2D eigenvalue weighted by atomic mass is 9.82. The zero-order valence-corrected chi connectivity index (χ0v) is 13.0. The molecule has 2 nitrogen and oxygen atoms in total. The van der Waals surface area contributed by atoms with E-state index < -0.39 is 0 Å². The Morgan fingerprint density at radius 2 is 2.00 bits per heavy atom. The molecule has 4 aliphatic rings. The molecular formula is C19H25NO. The molecule has 0 amide bonds. The number of nitrogens with one attached hydrogen (secondary N) is 1. The first-order valence-corrected chi connectivity index (χ1v) is 8.33. The highest BCUT2D eigenvalue weighted by molar-refractivity contribution is 5.50. The molecule has 3 unspecified atom stereocenters. The molecule has 2 fully saturated rings. The first kappa shape index (κ1) is 13.5. The second-order valence-electron chi connectivity index (χ2n) is 7.47. The van der Waals surface area contributed by atoms with Gasteiger partial charge in [0, 0.05) is 5.92 Å². The van der Waals surface area contributed by atoms with E-state index in [1.165, 1.54) is 30.4 Å². The van der Waals surface area contributed by atoms with Crippen molar-refractivity contribution in [2.75, 3.05) is 6.61 Å². The van der Waals surface area contributed by atoms with E-state index in [0.717, 1.165) is 24.4 Å². The van der Waals surface area contributed by atoms with Gasteiger partial charge in [-0.15, -0.1) is 0 Å². The summed E-state index contributed by atoms with van der Waals surface area (Å²) in [5.74, 6) is 3.19. The fraction of sp³-hybridized carbons (Fsp3) is 0.579. The Hall–Kier alpha value is -1.12. The van der Waals surface area contributed by atoms with E-state index in [2.05, 4.69) is 55.8 Å². The van der Waals surface area contributed by atoms with Crippen LogP contribution in [0.5, 0.6) is 0 Å². The van der Waals surface area contributed by atoms with Crippen LogP contribution in [0, 0.1) is 23.7 Å². The van der Waals surface area contributed by atoms with Crippen LogP contribution in [0.4, 0.5) is 0 Å². The maximum Gasteiger partial charge on any atom is 0.0716 e. The molecule has 4 atom stereocenters. The number of hydrogen-bond donors (Lipinski definition) is 1. The molecule has 4 rings (SSSR count). The Morgan fingerprint density at radius 3 is 2.81 bits per heavy atom. The highest BCUT2D eigenvalue weighted by atomic mass is 16.6. The molecule has 0 bridgehead atoms. The molecule has 0 aromatic carbocycles. The van der Waals surface area contributed by atoms with Crippen molar-refractivity contribution < 1.29 is 4.84 Å². The summed E-state index contributed by atoms with van der Waals surface area (Å²) in [4.78, 5) is 5.89. The number of hydroxylamine groups is 1. The van der Waals surface area contributed by atoms with Crippen molar-refractivity contribution >= 4 is 0 Å². The molecule has 112 valence electrons. The predicted octanol–water partition coefficient (Wildman–Crippen LogP) is 3.94. The van der Waals surface area contributed by atoms with E-state index in [0.29, 0.717) is 5.92 Å². The van der Waals surface area contributed by atoms with E-state index in [1.807, 2.05) is 0 Å². The predicted molar refractivity (Wildman–Crippen MR) is 85.4 cm³/mol. The standard InChI is InChI=1S/C19H25NO/c1-19(2,18-11-10-13-6-3-4-7-14(13)18)20-21-12-17-15-8-5-9-16(15)17/h3-4,6-7,10-11,14-17,20H,5,8-9,12H2,1-2H3/t14?,15-,16?,17?/m0/s1. The average molecular weight is 283 g/mol. The van der Waals surface area contributed by atoms with Gasteiger partial charge in [0.15, 0.2) is 0 Å². The molecule has 0 heterocycles. The lowest BCUT2D eigenvalue weighted by Gasteiger charge is -2.32. The van der Waals surface area contributed by atoms with Crippen LogP contribution in [0.15, 0.2) is 47.6 Å². The third-order valence-electron chi connectivity index (χ3n) is 5.76. The van der Waals surface area contributed by atoms with Gasteiger partial charge in [0.2, 0.25) is 0 Å². The van der Waals surface area contributed by atoms with Crippen molar-refractivity contribution in [2.45, 2.75) is 38.6 Å². The molecule has 0 aromatic heterocycles. The van der Waals surface area contributed by atoms with Crippen LogP contribution in [-0.2, 0) is 4.84 Å². The van der Waals surface area contributed by atoms with Gasteiger partial charge in [0.1, 0.15) is 0 Å². The largest absolute Gasteiger partial charge is 0.301 e. The van der Waals surface area contributed by atoms with Gasteiger partial charge in [-0.05, 0) is 55.6 Å². The van der Waals surface area contributed by atoms with Gasteiger partial charge in [0.05, 0.1) is 12.1 Å². The molecule has 2 heteroatoms. The van der Waals surface area contributed by atoms with E-state index >= 15 is 0 Å². The molecule has 21 heavy (non-hydrogen) atoms. The molecule has 0 radical (unpaired) electrons.